The van der Waals surface area contributed by atoms with Gasteiger partial charge >= 0.3 is 6.09 Å². The number of rotatable bonds is 4. The first kappa shape index (κ1) is 19.5. The Hall–Kier alpha value is -1.79. The van der Waals surface area contributed by atoms with Crippen LogP contribution in [-0.2, 0) is 16.1 Å². The predicted molar refractivity (Wildman–Crippen MR) is 94.6 cm³/mol. The molecule has 6 nitrogen and oxygen atoms in total. The smallest absolute Gasteiger partial charge is 0.410 e. The van der Waals surface area contributed by atoms with E-state index in [2.05, 4.69) is 0 Å². The molecule has 2 unspecified atom stereocenters. The summed E-state index contributed by atoms with van der Waals surface area (Å²) in [5.41, 5.74) is 0.502. The molecule has 1 fully saturated rings. The van der Waals surface area contributed by atoms with Gasteiger partial charge < -0.3 is 24.2 Å². The molecule has 2 atom stereocenters. The highest BCUT2D eigenvalue weighted by atomic mass is 16.6. The Morgan fingerprint density at radius 2 is 1.96 bits per heavy atom. The highest BCUT2D eigenvalue weighted by Gasteiger charge is 2.29. The molecule has 1 aliphatic rings. The number of hydrogen-bond donors (Lipinski definition) is 1. The maximum absolute atomic E-state index is 12.2. The van der Waals surface area contributed by atoms with Crippen LogP contribution in [0.25, 0.3) is 0 Å². The first-order valence-corrected chi connectivity index (χ1v) is 8.67. The Balaban J connectivity index is 1.86. The summed E-state index contributed by atoms with van der Waals surface area (Å²) >= 11 is 0. The highest BCUT2D eigenvalue weighted by molar-refractivity contribution is 5.68. The second-order valence-corrected chi connectivity index (χ2v) is 7.39. The van der Waals surface area contributed by atoms with E-state index in [0.717, 1.165) is 11.3 Å². The van der Waals surface area contributed by atoms with Crippen molar-refractivity contribution in [3.05, 3.63) is 29.8 Å². The average Bonchev–Trinajstić information content (AvgIpc) is 2.73. The number of β-amino-alcohol motifs (C(OH)–C–C–N with tert-alkyl or cyclic N) is 1. The fourth-order valence-corrected chi connectivity index (χ4v) is 2.72. The van der Waals surface area contributed by atoms with Gasteiger partial charge in [0.05, 0.1) is 32.5 Å². The third-order valence-corrected chi connectivity index (χ3v) is 3.98. The number of methoxy groups -OCH3 is 1. The molecule has 1 N–H and O–H groups in total. The lowest BCUT2D eigenvalue weighted by Gasteiger charge is -2.27. The van der Waals surface area contributed by atoms with E-state index in [-0.39, 0.29) is 18.7 Å². The van der Waals surface area contributed by atoms with Crippen LogP contribution in [0.5, 0.6) is 5.75 Å². The summed E-state index contributed by atoms with van der Waals surface area (Å²) < 4.78 is 16.5. The normalized spacial score (nSPS) is 21.6. The summed E-state index contributed by atoms with van der Waals surface area (Å²) in [5.74, 6) is 0.807. The topological polar surface area (TPSA) is 68.2 Å². The van der Waals surface area contributed by atoms with Crippen molar-refractivity contribution in [3.63, 3.8) is 0 Å². The van der Waals surface area contributed by atoms with Crippen molar-refractivity contribution >= 4 is 6.09 Å². The molecule has 1 aromatic carbocycles. The van der Waals surface area contributed by atoms with Crippen molar-refractivity contribution in [1.82, 2.24) is 4.90 Å². The lowest BCUT2D eigenvalue weighted by molar-refractivity contribution is 0.00778. The SMILES string of the molecule is COc1ccc(COC2CCN(C(=O)OC(C)(C)C)CC(O)C2)cc1. The number of benzene rings is 1. The molecule has 0 saturated carbocycles. The molecule has 1 heterocycles. The van der Waals surface area contributed by atoms with Gasteiger partial charge in [0.2, 0.25) is 0 Å². The van der Waals surface area contributed by atoms with E-state index in [1.54, 1.807) is 12.0 Å². The van der Waals surface area contributed by atoms with Crippen molar-refractivity contribution < 1.29 is 24.1 Å². The van der Waals surface area contributed by atoms with E-state index in [0.29, 0.717) is 26.0 Å². The number of aliphatic hydroxyl groups is 1. The van der Waals surface area contributed by atoms with Crippen LogP contribution in [0.3, 0.4) is 0 Å². The van der Waals surface area contributed by atoms with E-state index in [1.165, 1.54) is 0 Å². The minimum Gasteiger partial charge on any atom is -0.497 e. The Morgan fingerprint density at radius 3 is 2.56 bits per heavy atom. The standard InChI is InChI=1S/C19H29NO5/c1-19(2,3)25-18(22)20-10-9-17(11-15(21)12-20)24-13-14-5-7-16(23-4)8-6-14/h5-8,15,17,21H,9-13H2,1-4H3. The minimum absolute atomic E-state index is 0.0930. The number of ether oxygens (including phenoxy) is 3. The maximum Gasteiger partial charge on any atom is 0.410 e. The van der Waals surface area contributed by atoms with E-state index >= 15 is 0 Å². The number of carbonyl (C=O) groups excluding carboxylic acids is 1. The lowest BCUT2D eigenvalue weighted by Crippen LogP contribution is -2.40. The van der Waals surface area contributed by atoms with Gasteiger partial charge in [-0.2, -0.15) is 0 Å². The van der Waals surface area contributed by atoms with Crippen LogP contribution in [0, 0.1) is 0 Å². The van der Waals surface area contributed by atoms with Gasteiger partial charge in [0.1, 0.15) is 11.4 Å². The van der Waals surface area contributed by atoms with E-state index in [1.807, 2.05) is 45.0 Å². The molecule has 0 aliphatic carbocycles. The van der Waals surface area contributed by atoms with Gasteiger partial charge in [0.15, 0.2) is 0 Å². The fraction of sp³-hybridized carbons (Fsp3) is 0.632. The third kappa shape index (κ3) is 6.55. The van der Waals surface area contributed by atoms with Crippen molar-refractivity contribution in [2.75, 3.05) is 20.2 Å². The number of amides is 1. The molecule has 0 bridgehead atoms. The van der Waals surface area contributed by atoms with E-state index < -0.39 is 11.7 Å². The Bertz CT molecular complexity index is 552. The molecule has 0 aromatic heterocycles. The van der Waals surface area contributed by atoms with Crippen LogP contribution in [-0.4, -0.2) is 54.1 Å². The van der Waals surface area contributed by atoms with Crippen molar-refractivity contribution in [1.29, 1.82) is 0 Å². The minimum atomic E-state index is -0.615. The molecule has 140 valence electrons. The molecule has 25 heavy (non-hydrogen) atoms. The molecule has 1 aromatic rings. The van der Waals surface area contributed by atoms with Crippen molar-refractivity contribution in [2.45, 2.75) is 58.0 Å². The van der Waals surface area contributed by atoms with E-state index in [4.69, 9.17) is 14.2 Å². The Labute approximate surface area is 149 Å². The van der Waals surface area contributed by atoms with Crippen LogP contribution in [0.15, 0.2) is 24.3 Å². The van der Waals surface area contributed by atoms with Gasteiger partial charge in [-0.05, 0) is 44.9 Å². The fourth-order valence-electron chi connectivity index (χ4n) is 2.72. The summed E-state index contributed by atoms with van der Waals surface area (Å²) in [7, 11) is 1.63. The largest absolute Gasteiger partial charge is 0.497 e. The summed E-state index contributed by atoms with van der Waals surface area (Å²) in [6, 6.07) is 7.70. The molecule has 0 spiro atoms. The Kier molecular flexibility index (Phi) is 6.67. The molecule has 0 radical (unpaired) electrons. The zero-order valence-electron chi connectivity index (χ0n) is 15.5. The maximum atomic E-state index is 12.2. The van der Waals surface area contributed by atoms with Gasteiger partial charge in [0.25, 0.3) is 0 Å². The first-order chi connectivity index (χ1) is 11.8. The third-order valence-electron chi connectivity index (χ3n) is 3.98. The van der Waals surface area contributed by atoms with Gasteiger partial charge in [-0.1, -0.05) is 12.1 Å². The number of likely N-dealkylation sites (tertiary alicyclic amines) is 1. The van der Waals surface area contributed by atoms with Gasteiger partial charge in [-0.15, -0.1) is 0 Å². The number of nitrogens with zero attached hydrogens (tertiary/aromatic N) is 1. The zero-order valence-corrected chi connectivity index (χ0v) is 15.5. The van der Waals surface area contributed by atoms with Gasteiger partial charge in [-0.25, -0.2) is 4.79 Å². The number of carbonyl (C=O) groups is 1. The molecular formula is C19H29NO5. The zero-order chi connectivity index (χ0) is 18.4. The summed E-state index contributed by atoms with van der Waals surface area (Å²) in [4.78, 5) is 13.8. The van der Waals surface area contributed by atoms with Gasteiger partial charge in [-0.3, -0.25) is 0 Å². The molecule has 1 saturated heterocycles. The monoisotopic (exact) mass is 351 g/mol. The average molecular weight is 351 g/mol. The first-order valence-electron chi connectivity index (χ1n) is 8.67. The van der Waals surface area contributed by atoms with Crippen LogP contribution in [0.4, 0.5) is 4.79 Å². The number of hydrogen-bond acceptors (Lipinski definition) is 5. The quantitative estimate of drug-likeness (QED) is 0.903. The second-order valence-electron chi connectivity index (χ2n) is 7.39. The van der Waals surface area contributed by atoms with Crippen molar-refractivity contribution in [3.8, 4) is 5.75 Å². The second kappa shape index (κ2) is 8.54. The van der Waals surface area contributed by atoms with E-state index in [9.17, 15) is 9.90 Å². The molecule has 6 heteroatoms. The summed E-state index contributed by atoms with van der Waals surface area (Å²) in [6.07, 6.45) is 0.0878. The van der Waals surface area contributed by atoms with Crippen LogP contribution < -0.4 is 4.74 Å². The highest BCUT2D eigenvalue weighted by Crippen LogP contribution is 2.20. The van der Waals surface area contributed by atoms with Crippen LogP contribution in [0.2, 0.25) is 0 Å². The Morgan fingerprint density at radius 1 is 1.28 bits per heavy atom. The lowest BCUT2D eigenvalue weighted by atomic mass is 10.1. The molecule has 1 amide bonds. The number of aliphatic hydroxyl groups excluding tert-OH is 1. The predicted octanol–water partition coefficient (Wildman–Crippen LogP) is 2.97. The van der Waals surface area contributed by atoms with Crippen LogP contribution >= 0.6 is 0 Å². The van der Waals surface area contributed by atoms with Crippen LogP contribution in [0.1, 0.15) is 39.2 Å². The van der Waals surface area contributed by atoms with Gasteiger partial charge in [0, 0.05) is 13.0 Å². The summed E-state index contributed by atoms with van der Waals surface area (Å²) in [5, 5.41) is 10.2. The molecule has 2 rings (SSSR count). The summed E-state index contributed by atoms with van der Waals surface area (Å²) in [6.45, 7) is 6.75. The van der Waals surface area contributed by atoms with Crippen molar-refractivity contribution in [2.24, 2.45) is 0 Å². The molecular weight excluding hydrogens is 322 g/mol. The molecule has 1 aliphatic heterocycles.